The molecule has 0 spiro atoms. The Balaban J connectivity index is 0.00000225. The van der Waals surface area contributed by atoms with Crippen LogP contribution in [0.4, 0.5) is 0 Å². The van der Waals surface area contributed by atoms with Gasteiger partial charge in [-0.2, -0.15) is 0 Å². The molecule has 0 atom stereocenters. The smallest absolute Gasteiger partial charge is 0.242 e. The molecule has 0 aliphatic rings. The van der Waals surface area contributed by atoms with E-state index < -0.39 is 0 Å². The van der Waals surface area contributed by atoms with Crippen molar-refractivity contribution >= 4 is 28.7 Å². The van der Waals surface area contributed by atoms with Crippen LogP contribution in [0.5, 0.6) is 0 Å². The Bertz CT molecular complexity index is 861. The van der Waals surface area contributed by atoms with Gasteiger partial charge in [0.15, 0.2) is 5.65 Å². The van der Waals surface area contributed by atoms with Crippen LogP contribution in [0, 0.1) is 0 Å². The monoisotopic (exact) mass is 360 g/mol. The highest BCUT2D eigenvalue weighted by Gasteiger charge is 2.17. The zero-order valence-corrected chi connectivity index (χ0v) is 15.0. The molecule has 0 bridgehead atoms. The van der Waals surface area contributed by atoms with Crippen molar-refractivity contribution in [3.8, 4) is 11.4 Å². The van der Waals surface area contributed by atoms with E-state index in [-0.39, 0.29) is 17.9 Å². The number of carbonyl (C=O) groups excluding carboxylic acids is 1. The maximum atomic E-state index is 12.5. The highest BCUT2D eigenvalue weighted by molar-refractivity contribution is 6.30. The maximum Gasteiger partial charge on any atom is 0.242 e. The van der Waals surface area contributed by atoms with Crippen molar-refractivity contribution in [1.29, 1.82) is 0 Å². The summed E-state index contributed by atoms with van der Waals surface area (Å²) in [4.78, 5) is 23.3. The average Bonchev–Trinajstić information content (AvgIpc) is 2.94. The molecular weight excluding hydrogens is 340 g/mol. The van der Waals surface area contributed by atoms with E-state index in [0.717, 1.165) is 29.9 Å². The Hall–Kier alpha value is -2.44. The molecule has 132 valence electrons. The number of likely N-dealkylation sites (N-methyl/N-ethyl adjacent to an activating group) is 1. The summed E-state index contributed by atoms with van der Waals surface area (Å²) in [5.41, 5.74) is 2.39. The molecule has 3 aromatic rings. The summed E-state index contributed by atoms with van der Waals surface area (Å²) in [5, 5.41) is 0.665. The van der Waals surface area contributed by atoms with Crippen molar-refractivity contribution in [2.24, 2.45) is 0 Å². The molecule has 6 nitrogen and oxygen atoms in total. The fourth-order valence-electron chi connectivity index (χ4n) is 2.64. The molecule has 0 radical (unpaired) electrons. The predicted molar refractivity (Wildman–Crippen MR) is 99.5 cm³/mol. The summed E-state index contributed by atoms with van der Waals surface area (Å²) in [6.45, 7) is 2.99. The fraction of sp³-hybridized carbons (Fsp3) is 0.278. The van der Waals surface area contributed by atoms with Gasteiger partial charge >= 0.3 is 0 Å². The molecule has 0 fully saturated rings. The summed E-state index contributed by atoms with van der Waals surface area (Å²) in [5.74, 6) is 0.760. The van der Waals surface area contributed by atoms with Crippen LogP contribution in [-0.2, 0) is 11.3 Å². The van der Waals surface area contributed by atoms with Crippen molar-refractivity contribution in [2.45, 2.75) is 19.9 Å². The highest BCUT2D eigenvalue weighted by Crippen LogP contribution is 2.25. The van der Waals surface area contributed by atoms with Crippen LogP contribution in [0.3, 0.4) is 0 Å². The quantitative estimate of drug-likeness (QED) is 0.701. The van der Waals surface area contributed by atoms with E-state index in [4.69, 9.17) is 11.6 Å². The van der Waals surface area contributed by atoms with Gasteiger partial charge in [0.05, 0.1) is 0 Å². The molecule has 1 amide bonds. The third kappa shape index (κ3) is 3.97. The number of imidazole rings is 1. The van der Waals surface area contributed by atoms with E-state index in [1.165, 1.54) is 0 Å². The number of halogens is 1. The molecule has 1 aromatic carbocycles. The van der Waals surface area contributed by atoms with Gasteiger partial charge in [0.25, 0.3) is 0 Å². The average molecular weight is 361 g/mol. The Kier molecular flexibility index (Phi) is 6.12. The standard InChI is InChI=1S/C18H19ClN4O.H2O/c1-3-11-22(2)16(24)12-23-17(13-6-8-14(19)9-7-13)21-15-5-4-10-20-18(15)23;/h4-10H,3,11-12H2,1-2H3;1H2. The van der Waals surface area contributed by atoms with Crippen LogP contribution in [0.15, 0.2) is 42.6 Å². The summed E-state index contributed by atoms with van der Waals surface area (Å²) in [6, 6.07) is 11.2. The van der Waals surface area contributed by atoms with Crippen molar-refractivity contribution in [3.05, 3.63) is 47.6 Å². The van der Waals surface area contributed by atoms with Gasteiger partial charge in [-0.25, -0.2) is 9.97 Å². The summed E-state index contributed by atoms with van der Waals surface area (Å²) in [7, 11) is 1.82. The van der Waals surface area contributed by atoms with Gasteiger partial charge < -0.3 is 10.4 Å². The molecule has 3 rings (SSSR count). The van der Waals surface area contributed by atoms with Crippen LogP contribution in [0.1, 0.15) is 13.3 Å². The lowest BCUT2D eigenvalue weighted by Crippen LogP contribution is -2.31. The third-order valence-corrected chi connectivity index (χ3v) is 4.14. The van der Waals surface area contributed by atoms with E-state index in [1.807, 2.05) is 48.0 Å². The van der Waals surface area contributed by atoms with Crippen LogP contribution in [0.2, 0.25) is 5.02 Å². The van der Waals surface area contributed by atoms with Crippen LogP contribution in [-0.4, -0.2) is 44.4 Å². The van der Waals surface area contributed by atoms with Gasteiger partial charge in [-0.05, 0) is 42.8 Å². The Morgan fingerprint density at radius 3 is 2.64 bits per heavy atom. The van der Waals surface area contributed by atoms with Crippen molar-refractivity contribution in [1.82, 2.24) is 19.4 Å². The number of pyridine rings is 1. The lowest BCUT2D eigenvalue weighted by molar-refractivity contribution is -0.130. The first-order valence-corrected chi connectivity index (χ1v) is 8.29. The van der Waals surface area contributed by atoms with Gasteiger partial charge in [0, 0.05) is 30.4 Å². The van der Waals surface area contributed by atoms with E-state index >= 15 is 0 Å². The first kappa shape index (κ1) is 18.9. The topological polar surface area (TPSA) is 82.5 Å². The number of aromatic nitrogens is 3. The minimum Gasteiger partial charge on any atom is -0.412 e. The lowest BCUT2D eigenvalue weighted by Gasteiger charge is -2.17. The van der Waals surface area contributed by atoms with Gasteiger partial charge in [0.2, 0.25) is 5.91 Å². The summed E-state index contributed by atoms with van der Waals surface area (Å²) >= 11 is 5.98. The fourth-order valence-corrected chi connectivity index (χ4v) is 2.77. The molecular formula is C18H21ClN4O2. The van der Waals surface area contributed by atoms with E-state index in [9.17, 15) is 4.79 Å². The molecule has 2 heterocycles. The van der Waals surface area contributed by atoms with E-state index in [2.05, 4.69) is 16.9 Å². The van der Waals surface area contributed by atoms with Crippen molar-refractivity contribution in [3.63, 3.8) is 0 Å². The molecule has 0 unspecified atom stereocenters. The van der Waals surface area contributed by atoms with Gasteiger partial charge in [-0.15, -0.1) is 0 Å². The van der Waals surface area contributed by atoms with Gasteiger partial charge in [-0.3, -0.25) is 9.36 Å². The largest absolute Gasteiger partial charge is 0.412 e. The number of amides is 1. The Morgan fingerprint density at radius 2 is 1.96 bits per heavy atom. The zero-order valence-electron chi connectivity index (χ0n) is 14.2. The number of fused-ring (bicyclic) bond motifs is 1. The first-order valence-electron chi connectivity index (χ1n) is 7.91. The minimum absolute atomic E-state index is 0. The molecule has 0 saturated heterocycles. The van der Waals surface area contributed by atoms with Gasteiger partial charge in [0.1, 0.15) is 17.9 Å². The number of carbonyl (C=O) groups is 1. The summed E-state index contributed by atoms with van der Waals surface area (Å²) < 4.78 is 1.87. The summed E-state index contributed by atoms with van der Waals surface area (Å²) in [6.07, 6.45) is 2.64. The molecule has 25 heavy (non-hydrogen) atoms. The first-order chi connectivity index (χ1) is 11.6. The molecule has 0 aliphatic heterocycles. The third-order valence-electron chi connectivity index (χ3n) is 3.88. The molecule has 2 N–H and O–H groups in total. The number of nitrogens with zero attached hydrogens (tertiary/aromatic N) is 4. The highest BCUT2D eigenvalue weighted by atomic mass is 35.5. The number of hydrogen-bond donors (Lipinski definition) is 0. The van der Waals surface area contributed by atoms with Gasteiger partial charge in [-0.1, -0.05) is 18.5 Å². The van der Waals surface area contributed by atoms with Crippen LogP contribution < -0.4 is 0 Å². The number of rotatable bonds is 5. The van der Waals surface area contributed by atoms with Crippen LogP contribution in [0.25, 0.3) is 22.6 Å². The maximum absolute atomic E-state index is 12.5. The van der Waals surface area contributed by atoms with Crippen LogP contribution >= 0.6 is 11.6 Å². The second-order valence-corrected chi connectivity index (χ2v) is 6.13. The van der Waals surface area contributed by atoms with E-state index in [0.29, 0.717) is 10.7 Å². The Labute approximate surface area is 151 Å². The lowest BCUT2D eigenvalue weighted by atomic mass is 10.2. The second kappa shape index (κ2) is 8.09. The second-order valence-electron chi connectivity index (χ2n) is 5.69. The number of benzene rings is 1. The van der Waals surface area contributed by atoms with Crippen molar-refractivity contribution < 1.29 is 10.3 Å². The molecule has 0 saturated carbocycles. The molecule has 7 heteroatoms. The molecule has 2 aromatic heterocycles. The number of hydrogen-bond acceptors (Lipinski definition) is 3. The SMILES string of the molecule is CCCN(C)C(=O)Cn1c(-c2ccc(Cl)cc2)nc2cccnc21.O. The molecule has 0 aliphatic carbocycles. The Morgan fingerprint density at radius 1 is 1.24 bits per heavy atom. The zero-order chi connectivity index (χ0) is 17.1. The van der Waals surface area contributed by atoms with Crippen molar-refractivity contribution in [2.75, 3.05) is 13.6 Å². The van der Waals surface area contributed by atoms with E-state index in [1.54, 1.807) is 11.1 Å². The minimum atomic E-state index is 0. The normalized spacial score (nSPS) is 10.5. The predicted octanol–water partition coefficient (Wildman–Crippen LogP) is 2.80.